The Kier molecular flexibility index (Phi) is 7.66. The van der Waals surface area contributed by atoms with Gasteiger partial charge in [-0.3, -0.25) is 14.5 Å². The van der Waals surface area contributed by atoms with Gasteiger partial charge in [0.05, 0.1) is 6.54 Å². The highest BCUT2D eigenvalue weighted by Crippen LogP contribution is 2.19. The molecule has 0 radical (unpaired) electrons. The number of carbonyl (C=O) groups is 2. The predicted octanol–water partition coefficient (Wildman–Crippen LogP) is 3.40. The van der Waals surface area contributed by atoms with Gasteiger partial charge in [0.15, 0.2) is 0 Å². The Labute approximate surface area is 175 Å². The van der Waals surface area contributed by atoms with E-state index in [2.05, 4.69) is 36.5 Å². The van der Waals surface area contributed by atoms with Crippen LogP contribution in [-0.2, 0) is 9.59 Å². The molecule has 5 nitrogen and oxygen atoms in total. The van der Waals surface area contributed by atoms with Gasteiger partial charge in [-0.1, -0.05) is 17.7 Å². The molecule has 2 aromatic carbocycles. The van der Waals surface area contributed by atoms with Crippen molar-refractivity contribution in [1.82, 2.24) is 9.80 Å². The van der Waals surface area contributed by atoms with Crippen molar-refractivity contribution < 1.29 is 14.0 Å². The van der Waals surface area contributed by atoms with Crippen molar-refractivity contribution in [2.75, 3.05) is 43.8 Å². The molecule has 1 heterocycles. The molecule has 0 spiro atoms. The third-order valence-corrected chi connectivity index (χ3v) is 5.84. The molecule has 3 rings (SSSR count). The summed E-state index contributed by atoms with van der Waals surface area (Å²) in [7, 11) is 0. The van der Waals surface area contributed by atoms with E-state index in [1.807, 2.05) is 9.80 Å². The van der Waals surface area contributed by atoms with Gasteiger partial charge in [0.25, 0.3) is 0 Å². The van der Waals surface area contributed by atoms with Crippen molar-refractivity contribution in [2.45, 2.75) is 18.2 Å². The summed E-state index contributed by atoms with van der Waals surface area (Å²) in [5.41, 5.74) is 1.81. The number of hydrogen-bond acceptors (Lipinski definition) is 4. The maximum atomic E-state index is 12.9. The third kappa shape index (κ3) is 6.87. The molecule has 0 aliphatic carbocycles. The second kappa shape index (κ2) is 10.4. The monoisotopic (exact) mass is 415 g/mol. The van der Waals surface area contributed by atoms with Gasteiger partial charge in [0, 0.05) is 48.9 Å². The maximum absolute atomic E-state index is 12.9. The number of rotatable bonds is 7. The number of aryl methyl sites for hydroxylation is 1. The first-order valence-corrected chi connectivity index (χ1v) is 10.7. The molecule has 0 unspecified atom stereocenters. The van der Waals surface area contributed by atoms with Gasteiger partial charge in [0.1, 0.15) is 5.82 Å². The first-order chi connectivity index (χ1) is 14.0. The Morgan fingerprint density at radius 3 is 2.31 bits per heavy atom. The van der Waals surface area contributed by atoms with Crippen LogP contribution in [0.1, 0.15) is 12.0 Å². The van der Waals surface area contributed by atoms with Crippen LogP contribution >= 0.6 is 11.8 Å². The van der Waals surface area contributed by atoms with Crippen LogP contribution in [0.5, 0.6) is 0 Å². The van der Waals surface area contributed by atoms with E-state index in [4.69, 9.17) is 0 Å². The van der Waals surface area contributed by atoms with Crippen LogP contribution in [0.2, 0.25) is 0 Å². The molecule has 7 heteroatoms. The molecule has 1 aliphatic rings. The zero-order valence-corrected chi connectivity index (χ0v) is 17.4. The molecule has 1 saturated heterocycles. The molecule has 1 aliphatic heterocycles. The number of thioether (sulfide) groups is 1. The quantitative estimate of drug-likeness (QED) is 0.705. The van der Waals surface area contributed by atoms with Gasteiger partial charge in [-0.25, -0.2) is 4.39 Å². The van der Waals surface area contributed by atoms with E-state index in [0.717, 1.165) is 5.75 Å². The number of carbonyl (C=O) groups excluding carboxylic acids is 2. The summed E-state index contributed by atoms with van der Waals surface area (Å²) in [5.74, 6) is 0.467. The lowest BCUT2D eigenvalue weighted by Gasteiger charge is -2.34. The van der Waals surface area contributed by atoms with Gasteiger partial charge < -0.3 is 10.2 Å². The lowest BCUT2D eigenvalue weighted by atomic mass is 10.2. The van der Waals surface area contributed by atoms with E-state index < -0.39 is 0 Å². The number of halogens is 1. The summed E-state index contributed by atoms with van der Waals surface area (Å²) >= 11 is 1.70. The molecule has 0 saturated carbocycles. The number of anilines is 1. The molecule has 0 bridgehead atoms. The predicted molar refractivity (Wildman–Crippen MR) is 115 cm³/mol. The van der Waals surface area contributed by atoms with Gasteiger partial charge in [-0.05, 0) is 43.3 Å². The van der Waals surface area contributed by atoms with Crippen LogP contribution in [0.4, 0.5) is 10.1 Å². The largest absolute Gasteiger partial charge is 0.340 e. The number of nitrogens with zero attached hydrogens (tertiary/aromatic N) is 2. The molecule has 154 valence electrons. The van der Waals surface area contributed by atoms with Crippen LogP contribution in [0.25, 0.3) is 0 Å². The molecule has 0 atom stereocenters. The number of nitrogens with one attached hydrogen (secondary N) is 1. The van der Waals surface area contributed by atoms with Crippen molar-refractivity contribution in [3.8, 4) is 0 Å². The average Bonchev–Trinajstić information content (AvgIpc) is 2.71. The number of piperazine rings is 1. The third-order valence-electron chi connectivity index (χ3n) is 4.83. The molecule has 0 aromatic heterocycles. The van der Waals surface area contributed by atoms with Crippen LogP contribution < -0.4 is 5.32 Å². The Morgan fingerprint density at radius 1 is 1.00 bits per heavy atom. The van der Waals surface area contributed by atoms with E-state index in [-0.39, 0.29) is 24.2 Å². The maximum Gasteiger partial charge on any atom is 0.238 e. The van der Waals surface area contributed by atoms with Crippen LogP contribution in [0.15, 0.2) is 53.4 Å². The van der Waals surface area contributed by atoms with E-state index in [1.165, 1.54) is 22.6 Å². The van der Waals surface area contributed by atoms with E-state index in [0.29, 0.717) is 38.3 Å². The summed E-state index contributed by atoms with van der Waals surface area (Å²) in [6, 6.07) is 14.0. The van der Waals surface area contributed by atoms with Gasteiger partial charge in [-0.15, -0.1) is 11.8 Å². The topological polar surface area (TPSA) is 52.7 Å². The highest BCUT2D eigenvalue weighted by molar-refractivity contribution is 7.99. The highest BCUT2D eigenvalue weighted by Gasteiger charge is 2.22. The Hall–Kier alpha value is -2.38. The molecule has 2 aromatic rings. The zero-order valence-electron chi connectivity index (χ0n) is 16.6. The Morgan fingerprint density at radius 2 is 1.66 bits per heavy atom. The number of amides is 2. The summed E-state index contributed by atoms with van der Waals surface area (Å²) < 4.78 is 12.9. The van der Waals surface area contributed by atoms with Gasteiger partial charge in [0.2, 0.25) is 11.8 Å². The standard InChI is InChI=1S/C22H26FN3O2S/c1-17-2-8-20(9-3-17)29-15-10-22(28)26-13-11-25(12-14-26)16-21(27)24-19-6-4-18(23)5-7-19/h2-9H,10-16H2,1H3,(H,24,27). The highest BCUT2D eigenvalue weighted by atomic mass is 32.2. The second-order valence-corrected chi connectivity index (χ2v) is 8.29. The smallest absolute Gasteiger partial charge is 0.238 e. The Balaban J connectivity index is 1.34. The summed E-state index contributed by atoms with van der Waals surface area (Å²) in [6.07, 6.45) is 0.517. The molecular weight excluding hydrogens is 389 g/mol. The lowest BCUT2D eigenvalue weighted by Crippen LogP contribution is -2.50. The van der Waals surface area contributed by atoms with Gasteiger partial charge in [-0.2, -0.15) is 0 Å². The second-order valence-electron chi connectivity index (χ2n) is 7.12. The minimum atomic E-state index is -0.332. The zero-order chi connectivity index (χ0) is 20.6. The van der Waals surface area contributed by atoms with Crippen molar-refractivity contribution >= 4 is 29.3 Å². The first kappa shape index (κ1) is 21.3. The number of hydrogen-bond donors (Lipinski definition) is 1. The normalized spacial score (nSPS) is 14.6. The van der Waals surface area contributed by atoms with Crippen LogP contribution in [0, 0.1) is 12.7 Å². The van der Waals surface area contributed by atoms with Crippen molar-refractivity contribution in [3.05, 3.63) is 59.9 Å². The minimum absolute atomic E-state index is 0.133. The molecule has 2 amide bonds. The number of benzene rings is 2. The van der Waals surface area contributed by atoms with Crippen molar-refractivity contribution in [3.63, 3.8) is 0 Å². The average molecular weight is 416 g/mol. The van der Waals surface area contributed by atoms with E-state index in [9.17, 15) is 14.0 Å². The molecular formula is C22H26FN3O2S. The molecule has 29 heavy (non-hydrogen) atoms. The van der Waals surface area contributed by atoms with E-state index in [1.54, 1.807) is 23.9 Å². The fourth-order valence-electron chi connectivity index (χ4n) is 3.14. The summed E-state index contributed by atoms with van der Waals surface area (Å²) in [4.78, 5) is 29.7. The van der Waals surface area contributed by atoms with Crippen LogP contribution in [-0.4, -0.2) is 60.1 Å². The van der Waals surface area contributed by atoms with Gasteiger partial charge >= 0.3 is 0 Å². The summed E-state index contributed by atoms with van der Waals surface area (Å²) in [5, 5.41) is 2.77. The lowest BCUT2D eigenvalue weighted by molar-refractivity contribution is -0.132. The van der Waals surface area contributed by atoms with Crippen molar-refractivity contribution in [2.24, 2.45) is 0 Å². The fraction of sp³-hybridized carbons (Fsp3) is 0.364. The van der Waals surface area contributed by atoms with E-state index >= 15 is 0 Å². The summed E-state index contributed by atoms with van der Waals surface area (Å²) in [6.45, 7) is 4.95. The Bertz CT molecular complexity index is 819. The minimum Gasteiger partial charge on any atom is -0.340 e. The SMILES string of the molecule is Cc1ccc(SCCC(=O)N2CCN(CC(=O)Nc3ccc(F)cc3)CC2)cc1. The first-order valence-electron chi connectivity index (χ1n) is 9.74. The molecule has 1 fully saturated rings. The van der Waals surface area contributed by atoms with Crippen molar-refractivity contribution in [1.29, 1.82) is 0 Å². The fourth-order valence-corrected chi connectivity index (χ4v) is 3.98. The van der Waals surface area contributed by atoms with Crippen LogP contribution in [0.3, 0.4) is 0 Å². The molecule has 1 N–H and O–H groups in total.